The van der Waals surface area contributed by atoms with E-state index in [0.717, 1.165) is 22.4 Å². The molecule has 3 heteroatoms. The van der Waals surface area contributed by atoms with E-state index in [2.05, 4.69) is 88.0 Å². The van der Waals surface area contributed by atoms with Crippen LogP contribution in [0.1, 0.15) is 73.5 Å². The molecule has 0 N–H and O–H groups in total. The zero-order chi connectivity index (χ0) is 26.9. The Labute approximate surface area is 224 Å². The molecule has 1 heterocycles. The number of nitrogens with zero attached hydrogens (tertiary/aromatic N) is 1. The van der Waals surface area contributed by atoms with Crippen LogP contribution in [0.2, 0.25) is 0 Å². The third kappa shape index (κ3) is 3.49. The molecule has 2 aliphatic rings. The van der Waals surface area contributed by atoms with Crippen LogP contribution in [0.4, 0.5) is 17.1 Å². The molecule has 0 bridgehead atoms. The third-order valence-corrected chi connectivity index (χ3v) is 8.16. The van der Waals surface area contributed by atoms with Gasteiger partial charge in [-0.1, -0.05) is 73.5 Å². The number of ketones is 2. The Balaban J connectivity index is 1.51. The Morgan fingerprint density at radius 3 is 1.68 bits per heavy atom. The van der Waals surface area contributed by atoms with Gasteiger partial charge in [0.05, 0.1) is 16.9 Å². The normalized spacial score (nSPS) is 15.3. The maximum Gasteiger partial charge on any atom is 0.197 e. The molecule has 0 radical (unpaired) electrons. The van der Waals surface area contributed by atoms with E-state index in [4.69, 9.17) is 0 Å². The highest BCUT2D eigenvalue weighted by Crippen LogP contribution is 2.53. The number of hydrogen-bond acceptors (Lipinski definition) is 3. The molecule has 0 aromatic heterocycles. The number of anilines is 3. The summed E-state index contributed by atoms with van der Waals surface area (Å²) in [6, 6.07) is 24.8. The molecule has 0 unspecified atom stereocenters. The van der Waals surface area contributed by atoms with E-state index in [1.807, 2.05) is 6.92 Å². The summed E-state index contributed by atoms with van der Waals surface area (Å²) in [6.45, 7) is 13.1. The van der Waals surface area contributed by atoms with Gasteiger partial charge in [-0.3, -0.25) is 9.59 Å². The van der Waals surface area contributed by atoms with E-state index < -0.39 is 0 Å². The van der Waals surface area contributed by atoms with E-state index >= 15 is 0 Å². The van der Waals surface area contributed by atoms with Crippen molar-refractivity contribution in [2.24, 2.45) is 0 Å². The van der Waals surface area contributed by atoms with Gasteiger partial charge in [0.25, 0.3) is 0 Å². The first-order valence-corrected chi connectivity index (χ1v) is 13.1. The maximum atomic E-state index is 13.0. The van der Waals surface area contributed by atoms with Crippen molar-refractivity contribution in [2.45, 2.75) is 47.0 Å². The van der Waals surface area contributed by atoms with Gasteiger partial charge in [0.15, 0.2) is 11.6 Å². The van der Waals surface area contributed by atoms with E-state index in [-0.39, 0.29) is 22.6 Å². The van der Waals surface area contributed by atoms with Gasteiger partial charge in [0, 0.05) is 22.2 Å². The molecule has 0 amide bonds. The lowest BCUT2D eigenvalue weighted by Gasteiger charge is -2.43. The van der Waals surface area contributed by atoms with Gasteiger partial charge in [0.2, 0.25) is 0 Å². The minimum Gasteiger partial charge on any atom is -0.310 e. The smallest absolute Gasteiger partial charge is 0.197 e. The van der Waals surface area contributed by atoms with Crippen LogP contribution in [-0.4, -0.2) is 11.6 Å². The molecule has 6 rings (SSSR count). The first-order valence-electron chi connectivity index (χ1n) is 13.1. The summed E-state index contributed by atoms with van der Waals surface area (Å²) in [5.74, 6) is -0.392. The number of benzene rings is 4. The number of allylic oxidation sites excluding steroid dienone is 1. The van der Waals surface area contributed by atoms with Crippen LogP contribution in [0.15, 0.2) is 78.4 Å². The molecular weight excluding hydrogens is 466 g/mol. The monoisotopic (exact) mass is 497 g/mol. The lowest BCUT2D eigenvalue weighted by Crippen LogP contribution is -2.31. The second-order valence-corrected chi connectivity index (χ2v) is 11.3. The number of carbonyl (C=O) groups is 2. The average Bonchev–Trinajstić information content (AvgIpc) is 3.12. The van der Waals surface area contributed by atoms with Crippen molar-refractivity contribution in [3.8, 4) is 0 Å². The van der Waals surface area contributed by atoms with Gasteiger partial charge in [-0.2, -0.15) is 0 Å². The number of Topliss-reactive ketones (excluding diaryl/α,β-unsaturated/α-hetero) is 2. The molecule has 38 heavy (non-hydrogen) atoms. The molecule has 0 spiro atoms. The minimum atomic E-state index is -0.196. The first kappa shape index (κ1) is 24.1. The molecule has 0 fully saturated rings. The topological polar surface area (TPSA) is 37.4 Å². The van der Waals surface area contributed by atoms with Crippen LogP contribution >= 0.6 is 0 Å². The Morgan fingerprint density at radius 2 is 1.16 bits per heavy atom. The molecule has 0 saturated carbocycles. The predicted octanol–water partition coefficient (Wildman–Crippen LogP) is 8.49. The fraction of sp³-hybridized carbons (Fsp3) is 0.200. The second kappa shape index (κ2) is 8.39. The fourth-order valence-corrected chi connectivity index (χ4v) is 6.00. The van der Waals surface area contributed by atoms with Crippen LogP contribution in [0, 0.1) is 27.7 Å². The van der Waals surface area contributed by atoms with E-state index in [1.54, 1.807) is 30.3 Å². The van der Waals surface area contributed by atoms with Crippen molar-refractivity contribution in [3.63, 3.8) is 0 Å². The molecule has 0 atom stereocenters. The minimum absolute atomic E-state index is 0.134. The zero-order valence-electron chi connectivity index (χ0n) is 22.8. The second-order valence-electron chi connectivity index (χ2n) is 11.3. The van der Waals surface area contributed by atoms with Crippen LogP contribution in [0.5, 0.6) is 0 Å². The number of rotatable bonds is 2. The first-order chi connectivity index (χ1) is 18.1. The predicted molar refractivity (Wildman–Crippen MR) is 155 cm³/mol. The molecule has 3 nitrogen and oxygen atoms in total. The van der Waals surface area contributed by atoms with E-state index in [1.165, 1.54) is 33.6 Å². The summed E-state index contributed by atoms with van der Waals surface area (Å²) in [5, 5.41) is 0. The van der Waals surface area contributed by atoms with Gasteiger partial charge in [-0.05, 0) is 85.9 Å². The summed E-state index contributed by atoms with van der Waals surface area (Å²) < 4.78 is 0. The highest BCUT2D eigenvalue weighted by molar-refractivity contribution is 6.41. The molecule has 1 aliphatic carbocycles. The largest absolute Gasteiger partial charge is 0.310 e. The lowest BCUT2D eigenvalue weighted by atomic mass is 9.72. The summed E-state index contributed by atoms with van der Waals surface area (Å²) in [5.41, 5.74) is 12.6. The van der Waals surface area contributed by atoms with Crippen molar-refractivity contribution in [1.29, 1.82) is 0 Å². The van der Waals surface area contributed by atoms with Gasteiger partial charge in [0.1, 0.15) is 0 Å². The van der Waals surface area contributed by atoms with Crippen molar-refractivity contribution in [3.05, 3.63) is 128 Å². The molecular formula is C35H31NO2. The van der Waals surface area contributed by atoms with Gasteiger partial charge >= 0.3 is 0 Å². The number of aryl methyl sites for hydroxylation is 4. The van der Waals surface area contributed by atoms with Gasteiger partial charge in [-0.15, -0.1) is 0 Å². The molecule has 4 aromatic carbocycles. The van der Waals surface area contributed by atoms with E-state index in [9.17, 15) is 9.59 Å². The molecule has 1 aliphatic heterocycles. The van der Waals surface area contributed by atoms with Crippen molar-refractivity contribution in [2.75, 3.05) is 4.90 Å². The molecule has 4 aromatic rings. The summed E-state index contributed by atoms with van der Waals surface area (Å²) >= 11 is 0. The Bertz CT molecular complexity index is 1630. The quantitative estimate of drug-likeness (QED) is 0.206. The van der Waals surface area contributed by atoms with Crippen LogP contribution in [-0.2, 0) is 5.41 Å². The Kier molecular flexibility index (Phi) is 5.32. The van der Waals surface area contributed by atoms with E-state index in [0.29, 0.717) is 11.1 Å². The Hall–Kier alpha value is -4.24. The van der Waals surface area contributed by atoms with Gasteiger partial charge < -0.3 is 4.90 Å². The number of hydrogen-bond donors (Lipinski definition) is 0. The van der Waals surface area contributed by atoms with Crippen molar-refractivity contribution < 1.29 is 9.59 Å². The molecule has 0 saturated heterocycles. The highest BCUT2D eigenvalue weighted by atomic mass is 16.2. The number of carbonyl (C=O) groups excluding carboxylic acids is 2. The lowest BCUT2D eigenvalue weighted by molar-refractivity contribution is 0.0990. The summed E-state index contributed by atoms with van der Waals surface area (Å²) in [7, 11) is 0. The summed E-state index contributed by atoms with van der Waals surface area (Å²) in [6.07, 6.45) is 1.77. The summed E-state index contributed by atoms with van der Waals surface area (Å²) in [4.78, 5) is 28.4. The van der Waals surface area contributed by atoms with Crippen LogP contribution in [0.25, 0.3) is 6.08 Å². The SMILES string of the molecule is Cc1ccc2c(c1)C(C)(C)c1cc(C)ccc1N2c1cc(C)c(C=C2C(=O)c3ccccc3C2=O)cc1C. The zero-order valence-corrected chi connectivity index (χ0v) is 22.8. The fourth-order valence-electron chi connectivity index (χ4n) is 6.00. The average molecular weight is 498 g/mol. The van der Waals surface area contributed by atoms with Crippen molar-refractivity contribution >= 4 is 34.7 Å². The van der Waals surface area contributed by atoms with Crippen LogP contribution in [0.3, 0.4) is 0 Å². The molecule has 188 valence electrons. The van der Waals surface area contributed by atoms with Gasteiger partial charge in [-0.25, -0.2) is 0 Å². The maximum absolute atomic E-state index is 13.0. The highest BCUT2D eigenvalue weighted by Gasteiger charge is 2.38. The van der Waals surface area contributed by atoms with Crippen LogP contribution < -0.4 is 4.90 Å². The third-order valence-electron chi connectivity index (χ3n) is 8.16. The standard InChI is InChI=1S/C35H31NO2/c1-20-11-13-30-28(15-20)35(5,6)29-16-21(2)12-14-31(29)36(30)32-18-22(3)24(17-23(32)4)19-27-33(37)25-9-7-8-10-26(25)34(27)38/h7-19H,1-6H3. The number of fused-ring (bicyclic) bond motifs is 3. The van der Waals surface area contributed by atoms with Crippen molar-refractivity contribution in [1.82, 2.24) is 0 Å². The Morgan fingerprint density at radius 1 is 0.632 bits per heavy atom.